The van der Waals surface area contributed by atoms with Crippen molar-refractivity contribution in [3.8, 4) is 0 Å². The van der Waals surface area contributed by atoms with E-state index in [0.717, 1.165) is 11.6 Å². The van der Waals surface area contributed by atoms with Crippen LogP contribution in [0.15, 0.2) is 18.9 Å². The molecule has 0 saturated carbocycles. The van der Waals surface area contributed by atoms with Crippen LogP contribution in [0.1, 0.15) is 12.1 Å². The first-order valence-corrected chi connectivity index (χ1v) is 7.54. The Morgan fingerprint density at radius 1 is 1.59 bits per heavy atom. The van der Waals surface area contributed by atoms with E-state index >= 15 is 0 Å². The van der Waals surface area contributed by atoms with Crippen LogP contribution in [0.2, 0.25) is 0 Å². The SMILES string of the molecule is C=CCNc1nc(C)cn1CCCS(C)(=O)=O. The molecule has 0 radical (unpaired) electrons. The highest BCUT2D eigenvalue weighted by atomic mass is 32.2. The second-order valence-electron chi connectivity index (χ2n) is 4.05. The standard InChI is InChI=1S/C11H19N3O2S/c1-4-6-12-11-13-10(2)9-14(11)7-5-8-17(3,15)16/h4,9H,1,5-8H2,2-3H3,(H,12,13). The third-order valence-corrected chi connectivity index (χ3v) is 3.25. The lowest BCUT2D eigenvalue weighted by molar-refractivity contribution is 0.592. The molecule has 0 spiro atoms. The van der Waals surface area contributed by atoms with Crippen molar-refractivity contribution in [3.63, 3.8) is 0 Å². The van der Waals surface area contributed by atoms with E-state index in [-0.39, 0.29) is 5.75 Å². The topological polar surface area (TPSA) is 64.0 Å². The zero-order chi connectivity index (χ0) is 12.9. The number of hydrogen-bond acceptors (Lipinski definition) is 4. The lowest BCUT2D eigenvalue weighted by Gasteiger charge is -2.07. The Hall–Kier alpha value is -1.30. The van der Waals surface area contributed by atoms with E-state index in [9.17, 15) is 8.42 Å². The molecular weight excluding hydrogens is 238 g/mol. The average molecular weight is 257 g/mol. The van der Waals surface area contributed by atoms with Gasteiger partial charge in [-0.25, -0.2) is 13.4 Å². The minimum atomic E-state index is -2.89. The van der Waals surface area contributed by atoms with Crippen LogP contribution < -0.4 is 5.32 Å². The maximum atomic E-state index is 11.0. The van der Waals surface area contributed by atoms with Crippen molar-refractivity contribution in [1.29, 1.82) is 0 Å². The third-order valence-electron chi connectivity index (χ3n) is 2.22. The maximum absolute atomic E-state index is 11.0. The van der Waals surface area contributed by atoms with E-state index < -0.39 is 9.84 Å². The van der Waals surface area contributed by atoms with Crippen LogP contribution >= 0.6 is 0 Å². The van der Waals surface area contributed by atoms with Gasteiger partial charge in [-0.1, -0.05) is 6.08 Å². The lowest BCUT2D eigenvalue weighted by atomic mass is 10.4. The van der Waals surface area contributed by atoms with Gasteiger partial charge in [0.15, 0.2) is 0 Å². The summed E-state index contributed by atoms with van der Waals surface area (Å²) in [5.41, 5.74) is 0.913. The van der Waals surface area contributed by atoms with Gasteiger partial charge in [0.25, 0.3) is 0 Å². The summed E-state index contributed by atoms with van der Waals surface area (Å²) in [6.45, 7) is 6.82. The zero-order valence-electron chi connectivity index (χ0n) is 10.3. The van der Waals surface area contributed by atoms with Crippen molar-refractivity contribution in [1.82, 2.24) is 9.55 Å². The molecular formula is C11H19N3O2S. The summed E-state index contributed by atoms with van der Waals surface area (Å²) in [6, 6.07) is 0. The second-order valence-corrected chi connectivity index (χ2v) is 6.31. The predicted molar refractivity (Wildman–Crippen MR) is 70.0 cm³/mol. The normalized spacial score (nSPS) is 11.4. The van der Waals surface area contributed by atoms with Crippen LogP contribution in [0.5, 0.6) is 0 Å². The van der Waals surface area contributed by atoms with E-state index in [0.29, 0.717) is 19.5 Å². The molecule has 0 aliphatic rings. The average Bonchev–Trinajstić information content (AvgIpc) is 2.54. The molecule has 0 amide bonds. The minimum Gasteiger partial charge on any atom is -0.352 e. The number of imidazole rings is 1. The van der Waals surface area contributed by atoms with E-state index in [2.05, 4.69) is 16.9 Å². The van der Waals surface area contributed by atoms with Crippen molar-refractivity contribution in [2.24, 2.45) is 0 Å². The second kappa shape index (κ2) is 5.86. The zero-order valence-corrected chi connectivity index (χ0v) is 11.1. The van der Waals surface area contributed by atoms with E-state index in [1.54, 1.807) is 6.08 Å². The summed E-state index contributed by atoms with van der Waals surface area (Å²) in [5, 5.41) is 3.12. The smallest absolute Gasteiger partial charge is 0.203 e. The summed E-state index contributed by atoms with van der Waals surface area (Å²) >= 11 is 0. The fourth-order valence-corrected chi connectivity index (χ4v) is 2.17. The van der Waals surface area contributed by atoms with E-state index in [1.807, 2.05) is 17.7 Å². The summed E-state index contributed by atoms with van der Waals surface area (Å²) in [5.74, 6) is 0.960. The first-order valence-electron chi connectivity index (χ1n) is 5.48. The Morgan fingerprint density at radius 2 is 2.29 bits per heavy atom. The third kappa shape index (κ3) is 5.04. The van der Waals surface area contributed by atoms with Crippen molar-refractivity contribution < 1.29 is 8.42 Å². The number of aryl methyl sites for hydroxylation is 2. The first kappa shape index (κ1) is 13.8. The number of nitrogens with one attached hydrogen (secondary N) is 1. The Kier molecular flexibility index (Phi) is 4.74. The molecule has 17 heavy (non-hydrogen) atoms. The molecule has 6 heteroatoms. The van der Waals surface area contributed by atoms with Gasteiger partial charge in [0.05, 0.1) is 11.4 Å². The first-order chi connectivity index (χ1) is 7.92. The van der Waals surface area contributed by atoms with Gasteiger partial charge < -0.3 is 9.88 Å². The van der Waals surface area contributed by atoms with Gasteiger partial charge >= 0.3 is 0 Å². The molecule has 0 aliphatic heterocycles. The summed E-state index contributed by atoms with van der Waals surface area (Å²) in [7, 11) is -2.89. The Balaban J connectivity index is 2.60. The molecule has 1 N–H and O–H groups in total. The highest BCUT2D eigenvalue weighted by Crippen LogP contribution is 2.09. The summed E-state index contributed by atoms with van der Waals surface area (Å²) in [4.78, 5) is 4.32. The number of sulfone groups is 1. The number of anilines is 1. The largest absolute Gasteiger partial charge is 0.352 e. The Bertz CT molecular complexity index is 477. The number of aromatic nitrogens is 2. The molecule has 96 valence electrons. The van der Waals surface area contributed by atoms with Gasteiger partial charge in [0, 0.05) is 25.5 Å². The van der Waals surface area contributed by atoms with Crippen molar-refractivity contribution in [3.05, 3.63) is 24.5 Å². The van der Waals surface area contributed by atoms with Gasteiger partial charge in [-0.3, -0.25) is 0 Å². The molecule has 1 rings (SSSR count). The monoisotopic (exact) mass is 257 g/mol. The molecule has 0 saturated heterocycles. The Labute approximate surface area is 102 Å². The molecule has 0 aliphatic carbocycles. The molecule has 1 heterocycles. The van der Waals surface area contributed by atoms with Gasteiger partial charge in [0.1, 0.15) is 9.84 Å². The number of rotatable bonds is 7. The van der Waals surface area contributed by atoms with Crippen LogP contribution in [0.4, 0.5) is 5.95 Å². The molecule has 0 unspecified atom stereocenters. The molecule has 5 nitrogen and oxygen atoms in total. The maximum Gasteiger partial charge on any atom is 0.203 e. The Morgan fingerprint density at radius 3 is 2.88 bits per heavy atom. The van der Waals surface area contributed by atoms with Crippen LogP contribution in [0.25, 0.3) is 0 Å². The van der Waals surface area contributed by atoms with E-state index in [1.165, 1.54) is 6.26 Å². The van der Waals surface area contributed by atoms with Gasteiger partial charge in [0.2, 0.25) is 5.95 Å². The fraction of sp³-hybridized carbons (Fsp3) is 0.545. The molecule has 1 aromatic rings. The van der Waals surface area contributed by atoms with E-state index in [4.69, 9.17) is 0 Å². The molecule has 0 aromatic carbocycles. The van der Waals surface area contributed by atoms with Gasteiger partial charge in [-0.15, -0.1) is 6.58 Å². The molecule has 0 bridgehead atoms. The van der Waals surface area contributed by atoms with Crippen LogP contribution in [0.3, 0.4) is 0 Å². The highest BCUT2D eigenvalue weighted by molar-refractivity contribution is 7.90. The van der Waals surface area contributed by atoms with Crippen molar-refractivity contribution in [2.45, 2.75) is 19.9 Å². The van der Waals surface area contributed by atoms with Crippen molar-refractivity contribution >= 4 is 15.8 Å². The number of nitrogens with zero attached hydrogens (tertiary/aromatic N) is 2. The minimum absolute atomic E-state index is 0.200. The summed E-state index contributed by atoms with van der Waals surface area (Å²) < 4.78 is 24.0. The van der Waals surface area contributed by atoms with Crippen LogP contribution in [-0.4, -0.2) is 36.5 Å². The summed E-state index contributed by atoms with van der Waals surface area (Å²) in [6.07, 6.45) is 5.51. The molecule has 0 atom stereocenters. The molecule has 0 fully saturated rings. The molecule has 1 aromatic heterocycles. The predicted octanol–water partition coefficient (Wildman–Crippen LogP) is 1.22. The fourth-order valence-electron chi connectivity index (χ4n) is 1.52. The van der Waals surface area contributed by atoms with Crippen molar-refractivity contribution in [2.75, 3.05) is 23.9 Å². The van der Waals surface area contributed by atoms with Crippen LogP contribution in [-0.2, 0) is 16.4 Å². The quantitative estimate of drug-likeness (QED) is 0.746. The number of hydrogen-bond donors (Lipinski definition) is 1. The van der Waals surface area contributed by atoms with Gasteiger partial charge in [-0.05, 0) is 13.3 Å². The van der Waals surface area contributed by atoms with Gasteiger partial charge in [-0.2, -0.15) is 0 Å². The highest BCUT2D eigenvalue weighted by Gasteiger charge is 2.06. The van der Waals surface area contributed by atoms with Crippen LogP contribution in [0, 0.1) is 6.92 Å². The lowest BCUT2D eigenvalue weighted by Crippen LogP contribution is -2.10.